The normalized spacial score (nSPS) is 21.4. The first kappa shape index (κ1) is 14.2. The summed E-state index contributed by atoms with van der Waals surface area (Å²) in [7, 11) is 0. The van der Waals surface area contributed by atoms with Crippen LogP contribution in [0.4, 0.5) is 0 Å². The number of aliphatic hydroxyl groups is 1. The van der Waals surface area contributed by atoms with Gasteiger partial charge >= 0.3 is 0 Å². The van der Waals surface area contributed by atoms with Crippen molar-refractivity contribution >= 4 is 0 Å². The van der Waals surface area contributed by atoms with Crippen molar-refractivity contribution in [2.24, 2.45) is 0 Å². The van der Waals surface area contributed by atoms with Crippen LogP contribution in [-0.4, -0.2) is 30.5 Å². The molecule has 3 aromatic rings. The Morgan fingerprint density at radius 1 is 0.957 bits per heavy atom. The van der Waals surface area contributed by atoms with Crippen LogP contribution in [0, 0.1) is 0 Å². The van der Waals surface area contributed by atoms with E-state index < -0.39 is 0 Å². The van der Waals surface area contributed by atoms with Gasteiger partial charge in [0.1, 0.15) is 5.69 Å². The number of benzene rings is 1. The molecule has 1 saturated carbocycles. The molecule has 0 atom stereocenters. The topological polar surface area (TPSA) is 55.9 Å². The summed E-state index contributed by atoms with van der Waals surface area (Å²) in [4.78, 5) is 4.58. The first-order valence-corrected chi connectivity index (χ1v) is 8.13. The zero-order valence-corrected chi connectivity index (χ0v) is 12.9. The van der Waals surface area contributed by atoms with E-state index >= 15 is 0 Å². The van der Waals surface area contributed by atoms with Crippen LogP contribution in [0.15, 0.2) is 55.0 Å². The summed E-state index contributed by atoms with van der Waals surface area (Å²) < 4.78 is 4.17. The molecule has 118 valence electrons. The van der Waals surface area contributed by atoms with Crippen molar-refractivity contribution in [1.29, 1.82) is 0 Å². The highest BCUT2D eigenvalue weighted by Crippen LogP contribution is 2.32. The van der Waals surface area contributed by atoms with Gasteiger partial charge in [0.05, 0.1) is 18.0 Å². The molecule has 0 unspecified atom stereocenters. The number of hydrogen-bond acceptors (Lipinski definition) is 3. The van der Waals surface area contributed by atoms with Gasteiger partial charge in [-0.15, -0.1) is 0 Å². The van der Waals surface area contributed by atoms with Crippen molar-refractivity contribution in [3.63, 3.8) is 0 Å². The van der Waals surface area contributed by atoms with Crippen molar-refractivity contribution in [2.75, 3.05) is 0 Å². The van der Waals surface area contributed by atoms with Crippen LogP contribution in [0.1, 0.15) is 31.7 Å². The summed E-state index contributed by atoms with van der Waals surface area (Å²) in [5.41, 5.74) is 2.02. The first-order valence-electron chi connectivity index (χ1n) is 8.13. The molecule has 5 heteroatoms. The third kappa shape index (κ3) is 2.68. The van der Waals surface area contributed by atoms with Crippen molar-refractivity contribution in [2.45, 2.75) is 37.8 Å². The second-order valence-electron chi connectivity index (χ2n) is 6.08. The Labute approximate surface area is 135 Å². The van der Waals surface area contributed by atoms with E-state index in [0.29, 0.717) is 6.04 Å². The highest BCUT2D eigenvalue weighted by Gasteiger charge is 2.23. The molecule has 0 bridgehead atoms. The number of aliphatic hydroxyl groups excluding tert-OH is 1. The molecule has 0 saturated heterocycles. The molecule has 2 heterocycles. The predicted molar refractivity (Wildman–Crippen MR) is 88.3 cm³/mol. The maximum Gasteiger partial charge on any atom is 0.159 e. The molecule has 0 aliphatic heterocycles. The van der Waals surface area contributed by atoms with Crippen molar-refractivity contribution in [3.8, 4) is 17.2 Å². The molecule has 0 spiro atoms. The standard InChI is InChI=1S/C18H20N4O/c23-16-8-6-14(7-9-16)21-13-12-19-18(21)17-10-11-20-22(17)15-4-2-1-3-5-15/h1-5,10-14,16,23H,6-9H2. The lowest BCUT2D eigenvalue weighted by atomic mass is 9.93. The van der Waals surface area contributed by atoms with E-state index in [-0.39, 0.29) is 6.10 Å². The summed E-state index contributed by atoms with van der Waals surface area (Å²) in [5.74, 6) is 0.938. The minimum absolute atomic E-state index is 0.145. The average molecular weight is 308 g/mol. The number of rotatable bonds is 3. The van der Waals surface area contributed by atoms with Crippen LogP contribution in [0.3, 0.4) is 0 Å². The molecule has 23 heavy (non-hydrogen) atoms. The van der Waals surface area contributed by atoms with Gasteiger partial charge < -0.3 is 9.67 Å². The molecule has 1 aliphatic carbocycles. The average Bonchev–Trinajstić information content (AvgIpc) is 3.25. The quantitative estimate of drug-likeness (QED) is 0.808. The second-order valence-corrected chi connectivity index (χ2v) is 6.08. The van der Waals surface area contributed by atoms with Crippen LogP contribution in [0.5, 0.6) is 0 Å². The van der Waals surface area contributed by atoms with Gasteiger partial charge in [-0.3, -0.25) is 0 Å². The number of nitrogens with zero attached hydrogens (tertiary/aromatic N) is 4. The summed E-state index contributed by atoms with van der Waals surface area (Å²) in [5, 5.41) is 14.2. The Morgan fingerprint density at radius 2 is 1.74 bits per heavy atom. The molecule has 2 aromatic heterocycles. The Balaban J connectivity index is 1.71. The monoisotopic (exact) mass is 308 g/mol. The highest BCUT2D eigenvalue weighted by atomic mass is 16.3. The maximum atomic E-state index is 9.73. The maximum absolute atomic E-state index is 9.73. The van der Waals surface area contributed by atoms with E-state index in [1.54, 1.807) is 0 Å². The molecule has 1 N–H and O–H groups in total. The fourth-order valence-corrected chi connectivity index (χ4v) is 3.39. The van der Waals surface area contributed by atoms with Gasteiger partial charge in [0.15, 0.2) is 5.82 Å². The molecular weight excluding hydrogens is 288 g/mol. The largest absolute Gasteiger partial charge is 0.393 e. The van der Waals surface area contributed by atoms with Crippen molar-refractivity contribution in [3.05, 3.63) is 55.0 Å². The number of hydrogen-bond donors (Lipinski definition) is 1. The predicted octanol–water partition coefficient (Wildman–Crippen LogP) is 3.21. The van der Waals surface area contributed by atoms with Crippen LogP contribution in [0.25, 0.3) is 17.2 Å². The number of aromatic nitrogens is 4. The fraction of sp³-hybridized carbons (Fsp3) is 0.333. The van der Waals surface area contributed by atoms with Crippen LogP contribution >= 0.6 is 0 Å². The minimum Gasteiger partial charge on any atom is -0.393 e. The third-order valence-electron chi connectivity index (χ3n) is 4.60. The Hall–Kier alpha value is -2.40. The van der Waals surface area contributed by atoms with Crippen LogP contribution in [-0.2, 0) is 0 Å². The molecular formula is C18H20N4O. The fourth-order valence-electron chi connectivity index (χ4n) is 3.39. The van der Waals surface area contributed by atoms with Gasteiger partial charge in [-0.2, -0.15) is 5.10 Å². The molecule has 5 nitrogen and oxygen atoms in total. The number of imidazole rings is 1. The third-order valence-corrected chi connectivity index (χ3v) is 4.60. The summed E-state index contributed by atoms with van der Waals surface area (Å²) >= 11 is 0. The molecule has 1 aromatic carbocycles. The smallest absolute Gasteiger partial charge is 0.159 e. The molecule has 1 aliphatic rings. The highest BCUT2D eigenvalue weighted by molar-refractivity contribution is 5.54. The van der Waals surface area contributed by atoms with Crippen molar-refractivity contribution in [1.82, 2.24) is 19.3 Å². The molecule has 1 fully saturated rings. The lowest BCUT2D eigenvalue weighted by molar-refractivity contribution is 0.111. The van der Waals surface area contributed by atoms with Gasteiger partial charge in [0, 0.05) is 18.4 Å². The minimum atomic E-state index is -0.145. The van der Waals surface area contributed by atoms with Crippen LogP contribution < -0.4 is 0 Å². The van der Waals surface area contributed by atoms with Gasteiger partial charge in [0.2, 0.25) is 0 Å². The van der Waals surface area contributed by atoms with Gasteiger partial charge in [-0.25, -0.2) is 9.67 Å². The van der Waals surface area contributed by atoms with E-state index in [4.69, 9.17) is 0 Å². The Kier molecular flexibility index (Phi) is 3.71. The van der Waals surface area contributed by atoms with Gasteiger partial charge in [0.25, 0.3) is 0 Å². The summed E-state index contributed by atoms with van der Waals surface area (Å²) in [6, 6.07) is 12.5. The lowest BCUT2D eigenvalue weighted by Gasteiger charge is -2.27. The zero-order valence-electron chi connectivity index (χ0n) is 12.9. The van der Waals surface area contributed by atoms with E-state index in [1.807, 2.05) is 59.7 Å². The van der Waals surface area contributed by atoms with E-state index in [0.717, 1.165) is 42.9 Å². The summed E-state index contributed by atoms with van der Waals surface area (Å²) in [6.45, 7) is 0. The Bertz CT molecular complexity index is 769. The van der Waals surface area contributed by atoms with E-state index in [9.17, 15) is 5.11 Å². The molecule has 0 radical (unpaired) electrons. The first-order chi connectivity index (χ1) is 11.3. The summed E-state index contributed by atoms with van der Waals surface area (Å²) in [6.07, 6.45) is 9.26. The van der Waals surface area contributed by atoms with Crippen LogP contribution in [0.2, 0.25) is 0 Å². The lowest BCUT2D eigenvalue weighted by Crippen LogP contribution is -2.21. The molecule has 4 rings (SSSR count). The Morgan fingerprint density at radius 3 is 2.52 bits per heavy atom. The van der Waals surface area contributed by atoms with E-state index in [1.165, 1.54) is 0 Å². The van der Waals surface area contributed by atoms with Gasteiger partial charge in [-0.05, 0) is 43.9 Å². The van der Waals surface area contributed by atoms with E-state index in [2.05, 4.69) is 14.6 Å². The molecule has 0 amide bonds. The SMILES string of the molecule is OC1CCC(n2ccnc2-c2ccnn2-c2ccccc2)CC1. The second kappa shape index (κ2) is 6.01. The zero-order chi connectivity index (χ0) is 15.6. The van der Waals surface area contributed by atoms with Gasteiger partial charge in [-0.1, -0.05) is 18.2 Å². The number of para-hydroxylation sites is 1. The van der Waals surface area contributed by atoms with Crippen molar-refractivity contribution < 1.29 is 5.11 Å².